The third kappa shape index (κ3) is 1.54. The number of nitrogens with zero attached hydrogens (tertiary/aromatic N) is 1. The number of allylic oxidation sites excluding steroid dienone is 1. The molecule has 0 unspecified atom stereocenters. The van der Waals surface area contributed by atoms with Crippen LogP contribution in [0.1, 0.15) is 16.7 Å². The van der Waals surface area contributed by atoms with E-state index in [1.54, 1.807) is 0 Å². The molecule has 0 fully saturated rings. The van der Waals surface area contributed by atoms with E-state index in [4.69, 9.17) is 5.26 Å². The monoisotopic (exact) mass is 157 g/mol. The van der Waals surface area contributed by atoms with E-state index >= 15 is 0 Å². The van der Waals surface area contributed by atoms with Crippen molar-refractivity contribution in [2.75, 3.05) is 0 Å². The number of nitriles is 1. The summed E-state index contributed by atoms with van der Waals surface area (Å²) in [4.78, 5) is 0. The van der Waals surface area contributed by atoms with Crippen molar-refractivity contribution in [1.29, 1.82) is 5.26 Å². The minimum absolute atomic E-state index is 0.538. The molecule has 1 aromatic carbocycles. The van der Waals surface area contributed by atoms with Gasteiger partial charge in [0.25, 0.3) is 0 Å². The van der Waals surface area contributed by atoms with Crippen LogP contribution in [0.5, 0.6) is 0 Å². The Bertz CT molecular complexity index is 356. The van der Waals surface area contributed by atoms with E-state index in [2.05, 4.69) is 12.6 Å². The number of aryl methyl sites for hydroxylation is 2. The molecule has 1 heteroatoms. The summed E-state index contributed by atoms with van der Waals surface area (Å²) in [5.41, 5.74) is 3.76. The second kappa shape index (κ2) is 3.23. The second-order valence-corrected chi connectivity index (χ2v) is 2.91. The highest BCUT2D eigenvalue weighted by Gasteiger charge is 2.01. The molecule has 0 N–H and O–H groups in total. The van der Waals surface area contributed by atoms with E-state index in [-0.39, 0.29) is 0 Å². The third-order valence-electron chi connectivity index (χ3n) is 1.85. The summed E-state index contributed by atoms with van der Waals surface area (Å²) in [6, 6.07) is 8.08. The molecule has 1 aromatic rings. The van der Waals surface area contributed by atoms with Gasteiger partial charge in [-0.05, 0) is 25.0 Å². The van der Waals surface area contributed by atoms with Crippen LogP contribution >= 0.6 is 0 Å². The molecule has 12 heavy (non-hydrogen) atoms. The highest BCUT2D eigenvalue weighted by atomic mass is 14.2. The Morgan fingerprint density at radius 1 is 1.42 bits per heavy atom. The fourth-order valence-corrected chi connectivity index (χ4v) is 1.12. The maximum Gasteiger partial charge on any atom is 0.0991 e. The molecular formula is C11H11N. The molecule has 0 saturated carbocycles. The first kappa shape index (κ1) is 8.55. The second-order valence-electron chi connectivity index (χ2n) is 2.91. The summed E-state index contributed by atoms with van der Waals surface area (Å²) >= 11 is 0. The lowest BCUT2D eigenvalue weighted by Gasteiger charge is -2.03. The number of benzene rings is 1. The molecule has 0 aliphatic heterocycles. The smallest absolute Gasteiger partial charge is 0.0991 e. The Kier molecular flexibility index (Phi) is 2.30. The largest absolute Gasteiger partial charge is 0.192 e. The Morgan fingerprint density at radius 3 is 2.67 bits per heavy atom. The molecule has 0 amide bonds. The van der Waals surface area contributed by atoms with Crippen molar-refractivity contribution in [3.63, 3.8) is 0 Å². The average Bonchev–Trinajstić information content (AvgIpc) is 2.08. The van der Waals surface area contributed by atoms with Crippen LogP contribution in [0.2, 0.25) is 0 Å². The van der Waals surface area contributed by atoms with Gasteiger partial charge in [0.2, 0.25) is 0 Å². The minimum atomic E-state index is 0.538. The molecule has 0 aliphatic carbocycles. The minimum Gasteiger partial charge on any atom is -0.192 e. The summed E-state index contributed by atoms with van der Waals surface area (Å²) in [6.45, 7) is 7.68. The van der Waals surface area contributed by atoms with Gasteiger partial charge in [0.15, 0.2) is 0 Å². The molecular weight excluding hydrogens is 146 g/mol. The SMILES string of the molecule is C=C(C#N)c1cc(C)ccc1C. The molecule has 1 nitrogen and oxygen atoms in total. The van der Waals surface area contributed by atoms with Crippen LogP contribution in [0.3, 0.4) is 0 Å². The van der Waals surface area contributed by atoms with Crippen LogP contribution in [0.25, 0.3) is 5.57 Å². The van der Waals surface area contributed by atoms with Crippen LogP contribution < -0.4 is 0 Å². The molecule has 0 heterocycles. The first-order chi connectivity index (χ1) is 5.65. The highest BCUT2D eigenvalue weighted by Crippen LogP contribution is 2.17. The van der Waals surface area contributed by atoms with Crippen LogP contribution in [-0.4, -0.2) is 0 Å². The van der Waals surface area contributed by atoms with Crippen LogP contribution in [0.4, 0.5) is 0 Å². The average molecular weight is 157 g/mol. The number of hydrogen-bond donors (Lipinski definition) is 0. The number of rotatable bonds is 1. The van der Waals surface area contributed by atoms with E-state index < -0.39 is 0 Å². The Hall–Kier alpha value is -1.55. The van der Waals surface area contributed by atoms with Crippen molar-refractivity contribution < 1.29 is 0 Å². The van der Waals surface area contributed by atoms with Crippen molar-refractivity contribution in [3.8, 4) is 6.07 Å². The normalized spacial score (nSPS) is 9.08. The fraction of sp³-hybridized carbons (Fsp3) is 0.182. The van der Waals surface area contributed by atoms with Crippen molar-refractivity contribution in [2.24, 2.45) is 0 Å². The molecule has 0 radical (unpaired) electrons. The number of hydrogen-bond acceptors (Lipinski definition) is 1. The maximum atomic E-state index is 8.65. The van der Waals surface area contributed by atoms with Gasteiger partial charge in [-0.3, -0.25) is 0 Å². The van der Waals surface area contributed by atoms with Crippen LogP contribution in [0, 0.1) is 25.2 Å². The molecule has 0 aliphatic rings. The van der Waals surface area contributed by atoms with Gasteiger partial charge in [0.1, 0.15) is 0 Å². The Labute approximate surface area is 73.0 Å². The summed E-state index contributed by atoms with van der Waals surface area (Å²) < 4.78 is 0. The maximum absolute atomic E-state index is 8.65. The fourth-order valence-electron chi connectivity index (χ4n) is 1.12. The van der Waals surface area contributed by atoms with Crippen molar-refractivity contribution >= 4 is 5.57 Å². The van der Waals surface area contributed by atoms with E-state index in [1.165, 1.54) is 0 Å². The third-order valence-corrected chi connectivity index (χ3v) is 1.85. The predicted molar refractivity (Wildman–Crippen MR) is 50.6 cm³/mol. The summed E-state index contributed by atoms with van der Waals surface area (Å²) in [5.74, 6) is 0. The predicted octanol–water partition coefficient (Wildman–Crippen LogP) is 2.84. The molecule has 0 bridgehead atoms. The van der Waals surface area contributed by atoms with Gasteiger partial charge in [-0.25, -0.2) is 0 Å². The standard InChI is InChI=1S/C11H11N/c1-8-4-5-9(2)11(6-8)10(3)7-12/h4-6H,3H2,1-2H3. The van der Waals surface area contributed by atoms with Crippen molar-refractivity contribution in [1.82, 2.24) is 0 Å². The van der Waals surface area contributed by atoms with E-state index in [9.17, 15) is 0 Å². The molecule has 0 atom stereocenters. The van der Waals surface area contributed by atoms with Gasteiger partial charge >= 0.3 is 0 Å². The zero-order chi connectivity index (χ0) is 9.14. The van der Waals surface area contributed by atoms with E-state index in [1.807, 2.05) is 32.0 Å². The van der Waals surface area contributed by atoms with Gasteiger partial charge in [0, 0.05) is 0 Å². The van der Waals surface area contributed by atoms with Gasteiger partial charge < -0.3 is 0 Å². The quantitative estimate of drug-likeness (QED) is 0.575. The molecule has 0 spiro atoms. The first-order valence-corrected chi connectivity index (χ1v) is 3.82. The Morgan fingerprint density at radius 2 is 2.08 bits per heavy atom. The first-order valence-electron chi connectivity index (χ1n) is 3.82. The summed E-state index contributed by atoms with van der Waals surface area (Å²) in [5, 5.41) is 8.65. The van der Waals surface area contributed by atoms with E-state index in [0.717, 1.165) is 16.7 Å². The molecule has 60 valence electrons. The van der Waals surface area contributed by atoms with Gasteiger partial charge in [-0.15, -0.1) is 0 Å². The lowest BCUT2D eigenvalue weighted by atomic mass is 10.0. The zero-order valence-electron chi connectivity index (χ0n) is 7.39. The van der Waals surface area contributed by atoms with Crippen molar-refractivity contribution in [3.05, 3.63) is 41.5 Å². The zero-order valence-corrected chi connectivity index (χ0v) is 7.39. The van der Waals surface area contributed by atoms with Gasteiger partial charge in [-0.2, -0.15) is 5.26 Å². The van der Waals surface area contributed by atoms with Crippen LogP contribution in [-0.2, 0) is 0 Å². The van der Waals surface area contributed by atoms with Gasteiger partial charge in [-0.1, -0.05) is 30.3 Å². The topological polar surface area (TPSA) is 23.8 Å². The lowest BCUT2D eigenvalue weighted by molar-refractivity contribution is 1.36. The van der Waals surface area contributed by atoms with Gasteiger partial charge in [0.05, 0.1) is 11.6 Å². The Balaban J connectivity index is 3.25. The molecule has 0 aromatic heterocycles. The lowest BCUT2D eigenvalue weighted by Crippen LogP contribution is -1.86. The summed E-state index contributed by atoms with van der Waals surface area (Å²) in [7, 11) is 0. The molecule has 1 rings (SSSR count). The van der Waals surface area contributed by atoms with E-state index in [0.29, 0.717) is 5.57 Å². The summed E-state index contributed by atoms with van der Waals surface area (Å²) in [6.07, 6.45) is 0. The van der Waals surface area contributed by atoms with Crippen LogP contribution in [0.15, 0.2) is 24.8 Å². The van der Waals surface area contributed by atoms with Crippen molar-refractivity contribution in [2.45, 2.75) is 13.8 Å². The highest BCUT2D eigenvalue weighted by molar-refractivity contribution is 5.76. The molecule has 0 saturated heterocycles.